The van der Waals surface area contributed by atoms with E-state index in [0.717, 1.165) is 0 Å². The second kappa shape index (κ2) is 3.41. The summed E-state index contributed by atoms with van der Waals surface area (Å²) in [6.45, 7) is 0. The molecule has 39 valence electrons. The van der Waals surface area contributed by atoms with E-state index in [4.69, 9.17) is 0 Å². The first-order chi connectivity index (χ1) is 3.93. The van der Waals surface area contributed by atoms with Gasteiger partial charge in [-0.05, 0) is 0 Å². The molecule has 2 heteroatoms. The standard InChI is InChI=1S/C6H6S.Sn/c7-6-4-2-1-3-5-6;/h1-5,7H;/q;+1/p-1. The number of hydrogen-bond acceptors (Lipinski definition) is 1. The summed E-state index contributed by atoms with van der Waals surface area (Å²) >= 11 is 1.50. The van der Waals surface area contributed by atoms with Crippen molar-refractivity contribution in [2.75, 3.05) is 0 Å². The molecule has 0 atom stereocenters. The second-order valence-electron chi connectivity index (χ2n) is 1.42. The Balaban J connectivity index is 2.83. The van der Waals surface area contributed by atoms with Gasteiger partial charge in [-0.1, -0.05) is 0 Å². The van der Waals surface area contributed by atoms with E-state index in [1.54, 1.807) is 0 Å². The number of rotatable bonds is 1. The summed E-state index contributed by atoms with van der Waals surface area (Å²) < 4.78 is 0. The van der Waals surface area contributed by atoms with Crippen LogP contribution >= 0.6 is 8.95 Å². The quantitative estimate of drug-likeness (QED) is 0.661. The van der Waals surface area contributed by atoms with E-state index in [2.05, 4.69) is 24.3 Å². The van der Waals surface area contributed by atoms with Crippen molar-refractivity contribution in [3.63, 3.8) is 0 Å². The Morgan fingerprint density at radius 2 is 1.75 bits per heavy atom. The van der Waals surface area contributed by atoms with Crippen molar-refractivity contribution in [1.82, 2.24) is 0 Å². The molecule has 0 nitrogen and oxygen atoms in total. The van der Waals surface area contributed by atoms with Crippen molar-refractivity contribution in [3.05, 3.63) is 30.3 Å². The van der Waals surface area contributed by atoms with Crippen LogP contribution < -0.4 is 0 Å². The summed E-state index contributed by atoms with van der Waals surface area (Å²) in [5.41, 5.74) is 0. The summed E-state index contributed by atoms with van der Waals surface area (Å²) in [4.78, 5) is 1.37. The minimum absolute atomic E-state index is 1.37. The molecular weight excluding hydrogens is 223 g/mol. The van der Waals surface area contributed by atoms with Crippen LogP contribution in [0.1, 0.15) is 0 Å². The fraction of sp³-hybridized carbons (Fsp3) is 0. The van der Waals surface area contributed by atoms with Crippen molar-refractivity contribution >= 4 is 30.1 Å². The number of benzene rings is 1. The van der Waals surface area contributed by atoms with Crippen LogP contribution in [0.15, 0.2) is 35.2 Å². The van der Waals surface area contributed by atoms with Gasteiger partial charge in [-0.2, -0.15) is 0 Å². The average Bonchev–Trinajstić information content (AvgIpc) is 1.90. The first kappa shape index (κ1) is 6.49. The molecule has 0 saturated carbocycles. The zero-order valence-corrected chi connectivity index (χ0v) is 7.97. The van der Waals surface area contributed by atoms with Gasteiger partial charge in [-0.3, -0.25) is 0 Å². The van der Waals surface area contributed by atoms with Gasteiger partial charge in [0.05, 0.1) is 0 Å². The van der Waals surface area contributed by atoms with E-state index in [1.807, 2.05) is 15.0 Å². The molecule has 0 unspecified atom stereocenters. The van der Waals surface area contributed by atoms with E-state index in [-0.39, 0.29) is 0 Å². The van der Waals surface area contributed by atoms with Crippen LogP contribution in [0.5, 0.6) is 0 Å². The summed E-state index contributed by atoms with van der Waals surface area (Å²) in [5.74, 6) is 0. The van der Waals surface area contributed by atoms with E-state index in [9.17, 15) is 0 Å². The molecule has 0 N–H and O–H groups in total. The third kappa shape index (κ3) is 1.71. The molecule has 0 aliphatic carbocycles. The molecule has 0 fully saturated rings. The third-order valence-electron chi connectivity index (χ3n) is 0.861. The summed E-state index contributed by atoms with van der Waals surface area (Å²) in [7, 11) is 1.86. The monoisotopic (exact) mass is 229 g/mol. The van der Waals surface area contributed by atoms with Gasteiger partial charge in [-0.25, -0.2) is 0 Å². The molecule has 0 aliphatic heterocycles. The Bertz CT molecular complexity index is 150. The molecule has 0 spiro atoms. The average molecular weight is 228 g/mol. The molecule has 0 saturated heterocycles. The molecule has 1 aromatic carbocycles. The maximum absolute atomic E-state index is 2.12. The van der Waals surface area contributed by atoms with Gasteiger partial charge in [0.1, 0.15) is 0 Å². The molecule has 1 aromatic rings. The van der Waals surface area contributed by atoms with E-state index in [1.165, 1.54) is 26.0 Å². The van der Waals surface area contributed by atoms with Crippen molar-refractivity contribution in [3.8, 4) is 0 Å². The van der Waals surface area contributed by atoms with Crippen LogP contribution in [0.3, 0.4) is 0 Å². The molecule has 1 rings (SSSR count). The van der Waals surface area contributed by atoms with E-state index in [0.29, 0.717) is 0 Å². The molecule has 0 aliphatic rings. The van der Waals surface area contributed by atoms with Gasteiger partial charge in [0, 0.05) is 0 Å². The second-order valence-corrected chi connectivity index (χ2v) is 3.84. The van der Waals surface area contributed by atoms with Gasteiger partial charge >= 0.3 is 65.3 Å². The zero-order chi connectivity index (χ0) is 5.82. The van der Waals surface area contributed by atoms with Crippen LogP contribution in [-0.4, -0.2) is 21.1 Å². The molecule has 8 heavy (non-hydrogen) atoms. The number of hydrogen-bond donors (Lipinski definition) is 0. The molecule has 0 bridgehead atoms. The third-order valence-corrected chi connectivity index (χ3v) is 3.39. The molecule has 3 radical (unpaired) electrons. The van der Waals surface area contributed by atoms with Gasteiger partial charge < -0.3 is 0 Å². The fourth-order valence-corrected chi connectivity index (χ4v) is 1.95. The van der Waals surface area contributed by atoms with Gasteiger partial charge in [0.15, 0.2) is 0 Å². The van der Waals surface area contributed by atoms with Crippen molar-refractivity contribution < 1.29 is 0 Å². The Kier molecular flexibility index (Phi) is 2.76. The first-order valence-electron chi connectivity index (χ1n) is 2.32. The normalized spacial score (nSPS) is 9.12. The Labute approximate surface area is 65.2 Å². The van der Waals surface area contributed by atoms with Crippen molar-refractivity contribution in [2.24, 2.45) is 0 Å². The van der Waals surface area contributed by atoms with Crippen molar-refractivity contribution in [2.45, 2.75) is 4.90 Å². The Morgan fingerprint density at radius 3 is 2.12 bits per heavy atom. The van der Waals surface area contributed by atoms with Gasteiger partial charge in [-0.15, -0.1) is 0 Å². The van der Waals surface area contributed by atoms with Gasteiger partial charge in [0.25, 0.3) is 0 Å². The van der Waals surface area contributed by atoms with Gasteiger partial charge in [0.2, 0.25) is 0 Å². The van der Waals surface area contributed by atoms with Crippen LogP contribution in [-0.2, 0) is 0 Å². The summed E-state index contributed by atoms with van der Waals surface area (Å²) in [6.07, 6.45) is 0. The molecule has 0 aromatic heterocycles. The first-order valence-corrected chi connectivity index (χ1v) is 6.63. The molecule has 0 amide bonds. The van der Waals surface area contributed by atoms with E-state index >= 15 is 0 Å². The maximum atomic E-state index is 2.12. The van der Waals surface area contributed by atoms with Crippen LogP contribution in [0.4, 0.5) is 0 Å². The van der Waals surface area contributed by atoms with Crippen molar-refractivity contribution in [1.29, 1.82) is 0 Å². The predicted molar refractivity (Wildman–Crippen MR) is 38.1 cm³/mol. The topological polar surface area (TPSA) is 0 Å². The minimum atomic E-state index is 1.37. The van der Waals surface area contributed by atoms with Crippen LogP contribution in [0.2, 0.25) is 0 Å². The molecular formula is C6H5SSn. The summed E-state index contributed by atoms with van der Waals surface area (Å²) in [6, 6.07) is 10.4. The van der Waals surface area contributed by atoms with Crippen LogP contribution in [0.25, 0.3) is 0 Å². The SMILES string of the molecule is [Sn][S]c1ccccc1. The van der Waals surface area contributed by atoms with Crippen LogP contribution in [0, 0.1) is 0 Å². The Hall–Kier alpha value is 0.369. The van der Waals surface area contributed by atoms with E-state index < -0.39 is 0 Å². The fourth-order valence-electron chi connectivity index (χ4n) is 0.489. The summed E-state index contributed by atoms with van der Waals surface area (Å²) in [5, 5.41) is 0. The molecule has 0 heterocycles. The zero-order valence-electron chi connectivity index (χ0n) is 4.29. The Morgan fingerprint density at radius 1 is 1.12 bits per heavy atom. The predicted octanol–water partition coefficient (Wildman–Crippen LogP) is 1.86.